The van der Waals surface area contributed by atoms with Crippen molar-refractivity contribution >= 4 is 22.8 Å². The second-order valence-corrected chi connectivity index (χ2v) is 8.71. The minimum atomic E-state index is -1.59. The van der Waals surface area contributed by atoms with Crippen molar-refractivity contribution in [3.8, 4) is 11.4 Å². The predicted molar refractivity (Wildman–Crippen MR) is 119 cm³/mol. The predicted octanol–water partition coefficient (Wildman–Crippen LogP) is 2.65. The number of nitrogens with zero attached hydrogens (tertiary/aromatic N) is 2. The number of carbonyl (C=O) groups is 2. The van der Waals surface area contributed by atoms with E-state index >= 15 is 0 Å². The lowest BCUT2D eigenvalue weighted by Crippen LogP contribution is -2.49. The van der Waals surface area contributed by atoms with E-state index < -0.39 is 29.6 Å². The summed E-state index contributed by atoms with van der Waals surface area (Å²) in [5.74, 6) is -2.27. The van der Waals surface area contributed by atoms with Gasteiger partial charge in [0.2, 0.25) is 6.10 Å². The number of aromatic nitrogens is 2. The molecule has 3 aromatic rings. The number of ether oxygens (including phenoxy) is 2. The number of para-hydroxylation sites is 1. The zero-order valence-corrected chi connectivity index (χ0v) is 18.6. The van der Waals surface area contributed by atoms with Crippen LogP contribution in [-0.4, -0.2) is 32.7 Å². The van der Waals surface area contributed by atoms with Gasteiger partial charge < -0.3 is 19.1 Å². The molecule has 4 heterocycles. The number of fused-ring (bicyclic) bond motifs is 5. The van der Waals surface area contributed by atoms with E-state index in [2.05, 4.69) is 0 Å². The molecule has 3 unspecified atom stereocenters. The molecule has 3 atom stereocenters. The van der Waals surface area contributed by atoms with E-state index in [1.165, 1.54) is 6.92 Å². The molecular formula is C25H24N2O6. The van der Waals surface area contributed by atoms with Crippen LogP contribution in [0.15, 0.2) is 41.2 Å². The fraction of sp³-hybridized carbons (Fsp3) is 0.360. The molecule has 2 aliphatic rings. The summed E-state index contributed by atoms with van der Waals surface area (Å²) in [5.41, 5.74) is 1.69. The van der Waals surface area contributed by atoms with Gasteiger partial charge in [0, 0.05) is 23.8 Å². The first-order valence-electron chi connectivity index (χ1n) is 11.0. The number of hydrogen-bond donors (Lipinski definition) is 1. The van der Waals surface area contributed by atoms with Gasteiger partial charge in [0.15, 0.2) is 0 Å². The third-order valence-corrected chi connectivity index (χ3v) is 6.87. The molecule has 0 saturated heterocycles. The standard InChI is InChI=1S/C25H24N2O6/c1-4-25(31)13(2)22(33-14(3)28)24(30)32-12-17-18(25)10-20-21-16(11-27(20)23(17)29)9-15-7-5-6-8-19(15)26-21/h5-10,13,22,31H,4,11-12H2,1-3H3. The van der Waals surface area contributed by atoms with E-state index in [1.807, 2.05) is 30.3 Å². The highest BCUT2D eigenvalue weighted by Crippen LogP contribution is 2.42. The average Bonchev–Trinajstić information content (AvgIpc) is 3.16. The highest BCUT2D eigenvalue weighted by molar-refractivity contribution is 5.84. The maximum atomic E-state index is 13.6. The van der Waals surface area contributed by atoms with E-state index in [1.54, 1.807) is 24.5 Å². The van der Waals surface area contributed by atoms with Crippen LogP contribution in [0.3, 0.4) is 0 Å². The Labute approximate surface area is 189 Å². The van der Waals surface area contributed by atoms with Crippen LogP contribution in [0, 0.1) is 5.92 Å². The Morgan fingerprint density at radius 2 is 2.06 bits per heavy atom. The van der Waals surface area contributed by atoms with E-state index in [9.17, 15) is 19.5 Å². The summed E-state index contributed by atoms with van der Waals surface area (Å²) in [4.78, 5) is 42.6. The quantitative estimate of drug-likeness (QED) is 0.470. The molecule has 0 amide bonds. The van der Waals surface area contributed by atoms with Crippen LogP contribution in [0.1, 0.15) is 43.9 Å². The van der Waals surface area contributed by atoms with Crippen molar-refractivity contribution in [3.63, 3.8) is 0 Å². The first kappa shape index (κ1) is 21.3. The van der Waals surface area contributed by atoms with Gasteiger partial charge in [0.05, 0.1) is 34.6 Å². The molecule has 8 nitrogen and oxygen atoms in total. The Balaban J connectivity index is 1.73. The van der Waals surface area contributed by atoms with Gasteiger partial charge >= 0.3 is 11.9 Å². The summed E-state index contributed by atoms with van der Waals surface area (Å²) in [6, 6.07) is 11.5. The van der Waals surface area contributed by atoms with Crippen molar-refractivity contribution in [3.05, 3.63) is 63.4 Å². The number of hydrogen-bond acceptors (Lipinski definition) is 7. The van der Waals surface area contributed by atoms with Crippen molar-refractivity contribution < 1.29 is 24.2 Å². The summed E-state index contributed by atoms with van der Waals surface area (Å²) in [7, 11) is 0. The number of rotatable bonds is 2. The topological polar surface area (TPSA) is 108 Å². The maximum absolute atomic E-state index is 13.6. The molecule has 0 bridgehead atoms. The van der Waals surface area contributed by atoms with Gasteiger partial charge in [-0.2, -0.15) is 0 Å². The van der Waals surface area contributed by atoms with Crippen LogP contribution in [-0.2, 0) is 37.8 Å². The zero-order chi connectivity index (χ0) is 23.5. The smallest absolute Gasteiger partial charge is 0.348 e. The molecule has 2 aliphatic heterocycles. The Bertz CT molecular complexity index is 1380. The lowest BCUT2D eigenvalue weighted by Gasteiger charge is -2.39. The van der Waals surface area contributed by atoms with E-state index in [4.69, 9.17) is 14.5 Å². The third-order valence-electron chi connectivity index (χ3n) is 6.87. The van der Waals surface area contributed by atoms with Crippen molar-refractivity contribution in [1.29, 1.82) is 0 Å². The number of benzene rings is 1. The molecule has 1 aromatic carbocycles. The van der Waals surface area contributed by atoms with Crippen LogP contribution in [0.2, 0.25) is 0 Å². The summed E-state index contributed by atoms with van der Waals surface area (Å²) >= 11 is 0. The summed E-state index contributed by atoms with van der Waals surface area (Å²) in [6.07, 6.45) is -1.08. The van der Waals surface area contributed by atoms with Crippen LogP contribution in [0.25, 0.3) is 22.3 Å². The van der Waals surface area contributed by atoms with Crippen LogP contribution in [0.5, 0.6) is 0 Å². The van der Waals surface area contributed by atoms with Crippen molar-refractivity contribution in [2.75, 3.05) is 0 Å². The SMILES string of the molecule is CCC1(O)c2cc3n(c(=O)c2COC(=O)C(OC(C)=O)C1C)Cc1cc2ccccc2nc1-3. The monoisotopic (exact) mass is 448 g/mol. The molecule has 170 valence electrons. The van der Waals surface area contributed by atoms with Gasteiger partial charge in [-0.1, -0.05) is 32.0 Å². The van der Waals surface area contributed by atoms with Gasteiger partial charge in [0.25, 0.3) is 5.56 Å². The molecule has 0 radical (unpaired) electrons. The molecule has 0 saturated carbocycles. The molecular weight excluding hydrogens is 424 g/mol. The first-order valence-corrected chi connectivity index (χ1v) is 11.0. The van der Waals surface area contributed by atoms with Gasteiger partial charge in [-0.15, -0.1) is 0 Å². The second kappa shape index (κ2) is 7.52. The van der Waals surface area contributed by atoms with Gasteiger partial charge in [0.1, 0.15) is 6.61 Å². The van der Waals surface area contributed by atoms with Crippen molar-refractivity contribution in [2.45, 2.75) is 52.0 Å². The molecule has 1 N–H and O–H groups in total. The van der Waals surface area contributed by atoms with Crippen LogP contribution >= 0.6 is 0 Å². The largest absolute Gasteiger partial charge is 0.458 e. The molecule has 8 heteroatoms. The van der Waals surface area contributed by atoms with E-state index in [0.29, 0.717) is 23.5 Å². The molecule has 33 heavy (non-hydrogen) atoms. The summed E-state index contributed by atoms with van der Waals surface area (Å²) in [5, 5.41) is 12.8. The normalized spacial score (nSPS) is 23.7. The lowest BCUT2D eigenvalue weighted by atomic mass is 9.75. The summed E-state index contributed by atoms with van der Waals surface area (Å²) in [6.45, 7) is 4.62. The average molecular weight is 448 g/mol. The lowest BCUT2D eigenvalue weighted by molar-refractivity contribution is -0.182. The molecule has 5 rings (SSSR count). The molecule has 0 spiro atoms. The van der Waals surface area contributed by atoms with E-state index in [-0.39, 0.29) is 24.2 Å². The first-order chi connectivity index (χ1) is 15.7. The van der Waals surface area contributed by atoms with Gasteiger partial charge in [-0.05, 0) is 30.2 Å². The Hall–Kier alpha value is -3.52. The van der Waals surface area contributed by atoms with Crippen molar-refractivity contribution in [1.82, 2.24) is 9.55 Å². The molecule has 0 aliphatic carbocycles. The number of pyridine rings is 2. The van der Waals surface area contributed by atoms with Gasteiger partial charge in [-0.25, -0.2) is 9.78 Å². The maximum Gasteiger partial charge on any atom is 0.348 e. The number of aliphatic hydroxyl groups is 1. The van der Waals surface area contributed by atoms with Gasteiger partial charge in [-0.3, -0.25) is 9.59 Å². The number of carbonyl (C=O) groups excluding carboxylic acids is 2. The Kier molecular flexibility index (Phi) is 4.86. The second-order valence-electron chi connectivity index (χ2n) is 8.71. The number of cyclic esters (lactones) is 1. The highest BCUT2D eigenvalue weighted by Gasteiger charge is 2.48. The van der Waals surface area contributed by atoms with Crippen molar-refractivity contribution in [2.24, 2.45) is 5.92 Å². The fourth-order valence-electron chi connectivity index (χ4n) is 5.01. The summed E-state index contributed by atoms with van der Waals surface area (Å²) < 4.78 is 12.2. The Morgan fingerprint density at radius 1 is 1.30 bits per heavy atom. The van der Waals surface area contributed by atoms with E-state index in [0.717, 1.165) is 16.5 Å². The third kappa shape index (κ3) is 3.16. The van der Waals surface area contributed by atoms with Crippen LogP contribution < -0.4 is 5.56 Å². The Morgan fingerprint density at radius 3 is 2.79 bits per heavy atom. The molecule has 2 aromatic heterocycles. The highest BCUT2D eigenvalue weighted by atomic mass is 16.6. The minimum absolute atomic E-state index is 0.201. The molecule has 0 fully saturated rings. The van der Waals surface area contributed by atoms with Crippen LogP contribution in [0.4, 0.5) is 0 Å². The fourth-order valence-corrected chi connectivity index (χ4v) is 5.01. The number of esters is 2. The minimum Gasteiger partial charge on any atom is -0.458 e. The zero-order valence-electron chi connectivity index (χ0n) is 18.6.